The Kier molecular flexibility index (Phi) is 2.26. The van der Waals surface area contributed by atoms with Gasteiger partial charge in [0.05, 0.1) is 5.92 Å². The highest BCUT2D eigenvalue weighted by atomic mass is 16.2. The molecule has 0 atom stereocenters. The average molecular weight is 183 g/mol. The second kappa shape index (κ2) is 3.27. The molecule has 2 rings (SSSR count). The third-order valence-electron chi connectivity index (χ3n) is 3.03. The van der Waals surface area contributed by atoms with E-state index in [9.17, 15) is 4.79 Å². The molecule has 2 fully saturated rings. The van der Waals surface area contributed by atoms with E-state index in [1.807, 2.05) is 4.90 Å². The average Bonchev–Trinajstić information content (AvgIpc) is 1.76. The van der Waals surface area contributed by atoms with Crippen molar-refractivity contribution in [3.63, 3.8) is 0 Å². The molecule has 1 amide bonds. The summed E-state index contributed by atoms with van der Waals surface area (Å²) < 4.78 is 0. The zero-order chi connectivity index (χ0) is 9.42. The molecule has 4 heteroatoms. The fraction of sp³-hybridized carbons (Fsp3) is 0.889. The lowest BCUT2D eigenvalue weighted by molar-refractivity contribution is -0.143. The molecule has 2 saturated heterocycles. The normalized spacial score (nSPS) is 24.4. The van der Waals surface area contributed by atoms with Crippen molar-refractivity contribution in [1.82, 2.24) is 15.1 Å². The smallest absolute Gasteiger partial charge is 0.228 e. The fourth-order valence-electron chi connectivity index (χ4n) is 1.68. The Morgan fingerprint density at radius 2 is 2.00 bits per heavy atom. The van der Waals surface area contributed by atoms with E-state index in [2.05, 4.69) is 24.3 Å². The van der Waals surface area contributed by atoms with E-state index in [1.165, 1.54) is 0 Å². The maximum Gasteiger partial charge on any atom is 0.228 e. The van der Waals surface area contributed by atoms with Gasteiger partial charge in [-0.05, 0) is 14.1 Å². The molecule has 74 valence electrons. The van der Waals surface area contributed by atoms with E-state index >= 15 is 0 Å². The molecule has 0 radical (unpaired) electrons. The lowest BCUT2D eigenvalue weighted by Gasteiger charge is -2.45. The van der Waals surface area contributed by atoms with Gasteiger partial charge in [0.15, 0.2) is 0 Å². The maximum absolute atomic E-state index is 11.6. The summed E-state index contributed by atoms with van der Waals surface area (Å²) in [6.45, 7) is 3.59. The predicted molar refractivity (Wildman–Crippen MR) is 50.4 cm³/mol. The first-order chi connectivity index (χ1) is 6.18. The minimum absolute atomic E-state index is 0.267. The summed E-state index contributed by atoms with van der Waals surface area (Å²) in [7, 11) is 4.13. The van der Waals surface area contributed by atoms with Crippen LogP contribution in [0.5, 0.6) is 0 Å². The zero-order valence-corrected chi connectivity index (χ0v) is 8.29. The number of carbonyl (C=O) groups is 1. The monoisotopic (exact) mass is 183 g/mol. The molecule has 2 aliphatic heterocycles. The molecule has 1 N–H and O–H groups in total. The number of amides is 1. The maximum atomic E-state index is 11.6. The van der Waals surface area contributed by atoms with Gasteiger partial charge in [-0.1, -0.05) is 0 Å². The summed E-state index contributed by atoms with van der Waals surface area (Å²) in [5, 5.41) is 3.12. The van der Waals surface area contributed by atoms with E-state index in [-0.39, 0.29) is 5.92 Å². The second-order valence-corrected chi connectivity index (χ2v) is 4.22. The van der Waals surface area contributed by atoms with Crippen molar-refractivity contribution >= 4 is 5.91 Å². The highest BCUT2D eigenvalue weighted by molar-refractivity contribution is 5.81. The fourth-order valence-corrected chi connectivity index (χ4v) is 1.68. The number of carbonyl (C=O) groups excluding carboxylic acids is 1. The molecule has 0 aromatic rings. The summed E-state index contributed by atoms with van der Waals surface area (Å²) in [6.07, 6.45) is 0. The van der Waals surface area contributed by atoms with Gasteiger partial charge in [0.2, 0.25) is 5.91 Å². The lowest BCUT2D eigenvalue weighted by atomic mass is 9.98. The SMILES string of the molecule is CN(C)C1CN(C(=O)C2CNC2)C1. The Balaban J connectivity index is 1.76. The Bertz CT molecular complexity index is 207. The Morgan fingerprint density at radius 3 is 2.38 bits per heavy atom. The number of hydrogen-bond donors (Lipinski definition) is 1. The molecular formula is C9H17N3O. The van der Waals surface area contributed by atoms with Gasteiger partial charge in [0, 0.05) is 32.2 Å². The number of nitrogens with zero attached hydrogens (tertiary/aromatic N) is 2. The molecule has 13 heavy (non-hydrogen) atoms. The van der Waals surface area contributed by atoms with Crippen LogP contribution in [0.1, 0.15) is 0 Å². The van der Waals surface area contributed by atoms with Crippen LogP contribution >= 0.6 is 0 Å². The quantitative estimate of drug-likeness (QED) is 0.595. The third kappa shape index (κ3) is 1.56. The Morgan fingerprint density at radius 1 is 1.38 bits per heavy atom. The largest absolute Gasteiger partial charge is 0.339 e. The van der Waals surface area contributed by atoms with E-state index in [4.69, 9.17) is 0 Å². The minimum Gasteiger partial charge on any atom is -0.339 e. The first kappa shape index (κ1) is 8.97. The summed E-state index contributed by atoms with van der Waals surface area (Å²) in [5.74, 6) is 0.611. The zero-order valence-electron chi connectivity index (χ0n) is 8.29. The van der Waals surface area contributed by atoms with Crippen molar-refractivity contribution in [2.24, 2.45) is 5.92 Å². The molecular weight excluding hydrogens is 166 g/mol. The van der Waals surface area contributed by atoms with E-state index in [0.29, 0.717) is 11.9 Å². The van der Waals surface area contributed by atoms with Gasteiger partial charge in [-0.25, -0.2) is 0 Å². The van der Waals surface area contributed by atoms with Crippen LogP contribution in [0.15, 0.2) is 0 Å². The van der Waals surface area contributed by atoms with Crippen LogP contribution in [-0.4, -0.2) is 62.0 Å². The van der Waals surface area contributed by atoms with Crippen molar-refractivity contribution in [1.29, 1.82) is 0 Å². The van der Waals surface area contributed by atoms with Crippen LogP contribution in [-0.2, 0) is 4.79 Å². The summed E-state index contributed by atoms with van der Waals surface area (Å²) in [5.41, 5.74) is 0. The second-order valence-electron chi connectivity index (χ2n) is 4.22. The van der Waals surface area contributed by atoms with Crippen molar-refractivity contribution in [3.8, 4) is 0 Å². The van der Waals surface area contributed by atoms with Crippen LogP contribution in [0.2, 0.25) is 0 Å². The van der Waals surface area contributed by atoms with Gasteiger partial charge >= 0.3 is 0 Å². The van der Waals surface area contributed by atoms with Gasteiger partial charge in [-0.3, -0.25) is 4.79 Å². The predicted octanol–water partition coefficient (Wildman–Crippen LogP) is -1.02. The molecule has 0 bridgehead atoms. The van der Waals surface area contributed by atoms with Crippen molar-refractivity contribution in [2.75, 3.05) is 40.3 Å². The van der Waals surface area contributed by atoms with Gasteiger partial charge < -0.3 is 15.1 Å². The number of rotatable bonds is 2. The highest BCUT2D eigenvalue weighted by Gasteiger charge is 2.37. The lowest BCUT2D eigenvalue weighted by Crippen LogP contribution is -2.63. The highest BCUT2D eigenvalue weighted by Crippen LogP contribution is 2.17. The molecule has 0 aromatic heterocycles. The number of likely N-dealkylation sites (N-methyl/N-ethyl adjacent to an activating group) is 1. The van der Waals surface area contributed by atoms with Gasteiger partial charge in [-0.2, -0.15) is 0 Å². The summed E-state index contributed by atoms with van der Waals surface area (Å²) >= 11 is 0. The molecule has 2 heterocycles. The van der Waals surface area contributed by atoms with Crippen LogP contribution in [0, 0.1) is 5.92 Å². The summed E-state index contributed by atoms with van der Waals surface area (Å²) in [4.78, 5) is 15.8. The molecule has 0 aromatic carbocycles. The van der Waals surface area contributed by atoms with Gasteiger partial charge in [0.1, 0.15) is 0 Å². The van der Waals surface area contributed by atoms with Gasteiger partial charge in [-0.15, -0.1) is 0 Å². The first-order valence-corrected chi connectivity index (χ1v) is 4.84. The van der Waals surface area contributed by atoms with Crippen LogP contribution in [0.25, 0.3) is 0 Å². The first-order valence-electron chi connectivity index (χ1n) is 4.84. The number of hydrogen-bond acceptors (Lipinski definition) is 3. The van der Waals surface area contributed by atoms with Crippen molar-refractivity contribution in [2.45, 2.75) is 6.04 Å². The van der Waals surface area contributed by atoms with E-state index < -0.39 is 0 Å². The topological polar surface area (TPSA) is 35.6 Å². The number of nitrogens with one attached hydrogen (secondary N) is 1. The van der Waals surface area contributed by atoms with Crippen LogP contribution < -0.4 is 5.32 Å². The number of likely N-dealkylation sites (tertiary alicyclic amines) is 1. The molecule has 4 nitrogen and oxygen atoms in total. The third-order valence-corrected chi connectivity index (χ3v) is 3.03. The molecule has 0 unspecified atom stereocenters. The van der Waals surface area contributed by atoms with E-state index in [1.54, 1.807) is 0 Å². The Labute approximate surface area is 78.9 Å². The minimum atomic E-state index is 0.267. The summed E-state index contributed by atoms with van der Waals surface area (Å²) in [6, 6.07) is 0.581. The van der Waals surface area contributed by atoms with Crippen LogP contribution in [0.4, 0.5) is 0 Å². The molecule has 0 aliphatic carbocycles. The molecule has 2 aliphatic rings. The Hall–Kier alpha value is -0.610. The van der Waals surface area contributed by atoms with E-state index in [0.717, 1.165) is 26.2 Å². The molecule has 0 saturated carbocycles. The molecule has 0 spiro atoms. The van der Waals surface area contributed by atoms with Crippen molar-refractivity contribution in [3.05, 3.63) is 0 Å². The van der Waals surface area contributed by atoms with Crippen LogP contribution in [0.3, 0.4) is 0 Å². The van der Waals surface area contributed by atoms with Crippen molar-refractivity contribution < 1.29 is 4.79 Å². The standard InChI is InChI=1S/C9H17N3O/c1-11(2)8-5-12(6-8)9(13)7-3-10-4-7/h7-8,10H,3-6H2,1-2H3. The van der Waals surface area contributed by atoms with Gasteiger partial charge in [0.25, 0.3) is 0 Å².